The highest BCUT2D eigenvalue weighted by Crippen LogP contribution is 2.49. The zero-order valence-electron chi connectivity index (χ0n) is 14.8. The van der Waals surface area contributed by atoms with E-state index in [9.17, 15) is 4.57 Å². The van der Waals surface area contributed by atoms with Crippen LogP contribution in [-0.2, 0) is 18.0 Å². The van der Waals surface area contributed by atoms with Crippen molar-refractivity contribution < 1.29 is 18.0 Å². The van der Waals surface area contributed by atoms with Crippen molar-refractivity contribution in [2.75, 3.05) is 19.8 Å². The number of rotatable bonds is 10. The fourth-order valence-electron chi connectivity index (χ4n) is 1.43. The summed E-state index contributed by atoms with van der Waals surface area (Å²) in [5.41, 5.74) is 0. The van der Waals surface area contributed by atoms with Gasteiger partial charge in [-0.3, -0.25) is 4.57 Å². The van der Waals surface area contributed by atoms with Crippen LogP contribution < -0.4 is 0 Å². The molecule has 0 aliphatic heterocycles. The summed E-state index contributed by atoms with van der Waals surface area (Å²) in [7, 11) is -4.70. The van der Waals surface area contributed by atoms with Crippen molar-refractivity contribution >= 4 is 15.9 Å². The summed E-state index contributed by atoms with van der Waals surface area (Å²) in [6.45, 7) is 16.3. The van der Waals surface area contributed by atoms with Crippen LogP contribution in [0.5, 0.6) is 0 Å². The SMILES string of the molecule is CCOP(=O)(/C=C\CCCO[Si](C)(C)C(C)(C)C)OCC. The first kappa shape index (κ1) is 21.1. The largest absolute Gasteiger partial charge is 0.417 e. The summed E-state index contributed by atoms with van der Waals surface area (Å²) in [5.74, 6) is 1.58. The zero-order valence-corrected chi connectivity index (χ0v) is 16.7. The van der Waals surface area contributed by atoms with Crippen LogP contribution in [0.15, 0.2) is 11.9 Å². The molecule has 6 heteroatoms. The lowest BCUT2D eigenvalue weighted by atomic mass is 10.2. The Labute approximate surface area is 131 Å². The third-order valence-corrected chi connectivity index (χ3v) is 10.0. The molecule has 0 unspecified atom stereocenters. The molecule has 4 nitrogen and oxygen atoms in total. The highest BCUT2D eigenvalue weighted by molar-refractivity contribution is 7.57. The number of allylic oxidation sites excluding steroid dienone is 1. The molecule has 0 aliphatic carbocycles. The number of unbranched alkanes of at least 4 members (excludes halogenated alkanes) is 1. The molecule has 0 aliphatic rings. The fraction of sp³-hybridized carbons (Fsp3) is 0.867. The predicted molar refractivity (Wildman–Crippen MR) is 92.4 cm³/mol. The molecular formula is C15H33O4PSi. The fourth-order valence-corrected chi connectivity index (χ4v) is 3.89. The van der Waals surface area contributed by atoms with E-state index in [4.69, 9.17) is 13.5 Å². The van der Waals surface area contributed by atoms with Gasteiger partial charge in [-0.2, -0.15) is 0 Å². The molecule has 0 amide bonds. The lowest BCUT2D eigenvalue weighted by Crippen LogP contribution is -2.40. The van der Waals surface area contributed by atoms with Crippen molar-refractivity contribution in [1.29, 1.82) is 0 Å². The molecule has 0 fully saturated rings. The molecule has 21 heavy (non-hydrogen) atoms. The zero-order chi connectivity index (χ0) is 16.6. The van der Waals surface area contributed by atoms with Crippen molar-refractivity contribution in [3.8, 4) is 0 Å². The van der Waals surface area contributed by atoms with E-state index in [1.165, 1.54) is 0 Å². The van der Waals surface area contributed by atoms with Crippen molar-refractivity contribution in [3.63, 3.8) is 0 Å². The van der Waals surface area contributed by atoms with Crippen molar-refractivity contribution in [2.24, 2.45) is 0 Å². The van der Waals surface area contributed by atoms with Gasteiger partial charge < -0.3 is 13.5 Å². The summed E-state index contributed by atoms with van der Waals surface area (Å²) < 4.78 is 28.7. The van der Waals surface area contributed by atoms with Crippen LogP contribution in [0.25, 0.3) is 0 Å². The van der Waals surface area contributed by atoms with Crippen molar-refractivity contribution in [1.82, 2.24) is 0 Å². The second-order valence-corrected chi connectivity index (χ2v) is 13.2. The average molecular weight is 336 g/mol. The second kappa shape index (κ2) is 9.26. The van der Waals surface area contributed by atoms with Crippen LogP contribution in [0.3, 0.4) is 0 Å². The Balaban J connectivity index is 4.15. The highest BCUT2D eigenvalue weighted by atomic mass is 31.2. The average Bonchev–Trinajstić information content (AvgIpc) is 2.32. The van der Waals surface area contributed by atoms with Gasteiger partial charge in [-0.15, -0.1) is 0 Å². The number of hydrogen-bond acceptors (Lipinski definition) is 4. The lowest BCUT2D eigenvalue weighted by Gasteiger charge is -2.36. The van der Waals surface area contributed by atoms with Gasteiger partial charge in [0.2, 0.25) is 0 Å². The second-order valence-electron chi connectivity index (χ2n) is 6.51. The smallest absolute Gasteiger partial charge is 0.353 e. The van der Waals surface area contributed by atoms with Crippen molar-refractivity contribution in [3.05, 3.63) is 11.9 Å². The van der Waals surface area contributed by atoms with Crippen LogP contribution in [0.2, 0.25) is 18.1 Å². The standard InChI is InChI=1S/C15H33O4PSi/c1-8-17-20(16,18-9-2)14-12-10-11-13-19-21(6,7)15(3,4)5/h12,14H,8-11,13H2,1-7H3/b14-12-. The minimum Gasteiger partial charge on any atom is -0.417 e. The van der Waals surface area contributed by atoms with E-state index in [1.54, 1.807) is 5.82 Å². The van der Waals surface area contributed by atoms with Gasteiger partial charge in [-0.1, -0.05) is 26.8 Å². The quantitative estimate of drug-likeness (QED) is 0.297. The van der Waals surface area contributed by atoms with E-state index in [-0.39, 0.29) is 5.04 Å². The molecule has 0 bridgehead atoms. The lowest BCUT2D eigenvalue weighted by molar-refractivity contribution is 0.228. The van der Waals surface area contributed by atoms with Gasteiger partial charge in [0, 0.05) is 12.4 Å². The number of hydrogen-bond donors (Lipinski definition) is 0. The monoisotopic (exact) mass is 336 g/mol. The Morgan fingerprint density at radius 1 is 1.10 bits per heavy atom. The van der Waals surface area contributed by atoms with Crippen LogP contribution in [0.4, 0.5) is 0 Å². The maximum absolute atomic E-state index is 12.2. The molecule has 0 aromatic heterocycles. The van der Waals surface area contributed by atoms with Crippen LogP contribution in [-0.4, -0.2) is 28.1 Å². The Bertz CT molecular complexity index is 351. The normalized spacial score (nSPS) is 14.0. The Morgan fingerprint density at radius 2 is 1.62 bits per heavy atom. The molecule has 0 rings (SSSR count). The summed E-state index contributed by atoms with van der Waals surface area (Å²) in [6, 6.07) is 0. The highest BCUT2D eigenvalue weighted by Gasteiger charge is 2.36. The van der Waals surface area contributed by atoms with Gasteiger partial charge in [0.05, 0.1) is 13.2 Å². The maximum Gasteiger partial charge on any atom is 0.353 e. The predicted octanol–water partition coefficient (Wildman–Crippen LogP) is 5.57. The molecule has 0 aromatic carbocycles. The van der Waals surface area contributed by atoms with Crippen molar-refractivity contribution in [2.45, 2.75) is 65.6 Å². The molecule has 0 radical (unpaired) electrons. The molecule has 0 spiro atoms. The Morgan fingerprint density at radius 3 is 2.05 bits per heavy atom. The summed E-state index contributed by atoms with van der Waals surface area (Å²) in [6.07, 6.45) is 3.61. The minimum absolute atomic E-state index is 0.239. The minimum atomic E-state index is -3.04. The van der Waals surface area contributed by atoms with Gasteiger partial charge in [0.25, 0.3) is 0 Å². The van der Waals surface area contributed by atoms with Gasteiger partial charge in [-0.05, 0) is 44.8 Å². The van der Waals surface area contributed by atoms with Gasteiger partial charge in [0.15, 0.2) is 8.32 Å². The van der Waals surface area contributed by atoms with E-state index in [0.717, 1.165) is 19.4 Å². The first-order valence-electron chi connectivity index (χ1n) is 7.78. The first-order chi connectivity index (χ1) is 9.58. The molecule has 0 N–H and O–H groups in total. The van der Waals surface area contributed by atoms with Gasteiger partial charge >= 0.3 is 7.60 Å². The molecule has 0 atom stereocenters. The molecular weight excluding hydrogens is 303 g/mol. The van der Waals surface area contributed by atoms with Crippen LogP contribution >= 0.6 is 7.60 Å². The first-order valence-corrected chi connectivity index (χ1v) is 12.3. The molecule has 126 valence electrons. The van der Waals surface area contributed by atoms with Gasteiger partial charge in [-0.25, -0.2) is 0 Å². The summed E-state index contributed by atoms with van der Waals surface area (Å²) >= 11 is 0. The maximum atomic E-state index is 12.2. The molecule has 0 saturated heterocycles. The van der Waals surface area contributed by atoms with Crippen LogP contribution in [0, 0.1) is 0 Å². The Kier molecular flexibility index (Phi) is 9.29. The van der Waals surface area contributed by atoms with E-state index < -0.39 is 15.9 Å². The van der Waals surface area contributed by atoms with E-state index in [2.05, 4.69) is 33.9 Å². The third kappa shape index (κ3) is 8.31. The van der Waals surface area contributed by atoms with Crippen LogP contribution in [0.1, 0.15) is 47.5 Å². The molecule has 0 saturated carbocycles. The third-order valence-electron chi connectivity index (χ3n) is 3.69. The summed E-state index contributed by atoms with van der Waals surface area (Å²) in [5, 5.41) is 0.239. The topological polar surface area (TPSA) is 44.8 Å². The summed E-state index contributed by atoms with van der Waals surface area (Å²) in [4.78, 5) is 0. The Hall–Kier alpha value is 0.0669. The van der Waals surface area contributed by atoms with Gasteiger partial charge in [0.1, 0.15) is 0 Å². The molecule has 0 heterocycles. The van der Waals surface area contributed by atoms with E-state index in [1.807, 2.05) is 19.9 Å². The van der Waals surface area contributed by atoms with E-state index >= 15 is 0 Å². The molecule has 0 aromatic rings. The van der Waals surface area contributed by atoms with E-state index in [0.29, 0.717) is 13.2 Å².